The van der Waals surface area contributed by atoms with E-state index in [1.165, 1.54) is 0 Å². The fraction of sp³-hybridized carbons (Fsp3) is 0.923. The van der Waals surface area contributed by atoms with Crippen LogP contribution in [0.25, 0.3) is 0 Å². The van der Waals surface area contributed by atoms with Crippen molar-refractivity contribution in [2.75, 3.05) is 13.2 Å². The monoisotopic (exact) mass is 276 g/mol. The van der Waals surface area contributed by atoms with Crippen molar-refractivity contribution in [2.45, 2.75) is 63.5 Å². The average Bonchev–Trinajstić information content (AvgIpc) is 2.37. The molecule has 0 aromatic heterocycles. The third-order valence-electron chi connectivity index (χ3n) is 3.55. The molecule has 1 aliphatic heterocycles. The summed E-state index contributed by atoms with van der Waals surface area (Å²) in [5.41, 5.74) is -2.43. The SMILES string of the molecule is CCOC(=O)C1(F)CCC2(CC1)OCC(C)(C)OO2. The lowest BCUT2D eigenvalue weighted by Gasteiger charge is -2.45. The van der Waals surface area contributed by atoms with Crippen molar-refractivity contribution in [1.82, 2.24) is 0 Å². The van der Waals surface area contributed by atoms with Gasteiger partial charge in [-0.2, -0.15) is 0 Å². The molecule has 0 amide bonds. The molecule has 2 rings (SSSR count). The van der Waals surface area contributed by atoms with E-state index in [-0.39, 0.29) is 32.3 Å². The summed E-state index contributed by atoms with van der Waals surface area (Å²) in [6.07, 6.45) is 0.599. The topological polar surface area (TPSA) is 54.0 Å². The lowest BCUT2D eigenvalue weighted by molar-refractivity contribution is -0.512. The van der Waals surface area contributed by atoms with Gasteiger partial charge in [-0.15, -0.1) is 0 Å². The van der Waals surface area contributed by atoms with Crippen LogP contribution < -0.4 is 0 Å². The Kier molecular flexibility index (Phi) is 3.86. The Hall–Kier alpha value is -0.720. The van der Waals surface area contributed by atoms with E-state index in [0.29, 0.717) is 6.61 Å². The minimum absolute atomic E-state index is 0.0234. The van der Waals surface area contributed by atoms with E-state index in [2.05, 4.69) is 0 Å². The molecule has 110 valence electrons. The summed E-state index contributed by atoms with van der Waals surface area (Å²) in [6, 6.07) is 0. The number of carbonyl (C=O) groups excluding carboxylic acids is 1. The van der Waals surface area contributed by atoms with Gasteiger partial charge in [0.05, 0.1) is 13.2 Å². The van der Waals surface area contributed by atoms with Crippen LogP contribution in [0.1, 0.15) is 46.5 Å². The van der Waals surface area contributed by atoms with Crippen LogP contribution in [0.3, 0.4) is 0 Å². The quantitative estimate of drug-likeness (QED) is 0.572. The highest BCUT2D eigenvalue weighted by Crippen LogP contribution is 2.43. The van der Waals surface area contributed by atoms with E-state index in [0.717, 1.165) is 0 Å². The smallest absolute Gasteiger partial charge is 0.343 e. The molecule has 6 heteroatoms. The molecule has 19 heavy (non-hydrogen) atoms. The zero-order valence-corrected chi connectivity index (χ0v) is 11.7. The van der Waals surface area contributed by atoms with E-state index in [9.17, 15) is 9.18 Å². The van der Waals surface area contributed by atoms with Crippen molar-refractivity contribution < 1.29 is 28.4 Å². The second-order valence-electron chi connectivity index (χ2n) is 5.81. The standard InChI is InChI=1S/C13H21FO5/c1-4-16-10(15)12(14)5-7-13(8-6-12)17-9-11(2,3)18-19-13/h4-9H2,1-3H3. The molecule has 1 heterocycles. The molecule has 1 spiro atoms. The number of alkyl halides is 1. The summed E-state index contributed by atoms with van der Waals surface area (Å²) in [5.74, 6) is -1.71. The lowest BCUT2D eigenvalue weighted by atomic mass is 9.82. The summed E-state index contributed by atoms with van der Waals surface area (Å²) >= 11 is 0. The number of hydrogen-bond donors (Lipinski definition) is 0. The summed E-state index contributed by atoms with van der Waals surface area (Å²) in [7, 11) is 0. The van der Waals surface area contributed by atoms with Crippen molar-refractivity contribution in [3.63, 3.8) is 0 Å². The molecule has 0 N–H and O–H groups in total. The van der Waals surface area contributed by atoms with Crippen LogP contribution in [0.5, 0.6) is 0 Å². The van der Waals surface area contributed by atoms with Gasteiger partial charge in [-0.05, 0) is 33.6 Å². The number of esters is 1. The maximum absolute atomic E-state index is 14.4. The van der Waals surface area contributed by atoms with Crippen LogP contribution in [-0.4, -0.2) is 36.2 Å². The molecule has 0 unspecified atom stereocenters. The molecule has 1 saturated heterocycles. The van der Waals surface area contributed by atoms with Gasteiger partial charge < -0.3 is 9.47 Å². The average molecular weight is 276 g/mol. The van der Waals surface area contributed by atoms with Crippen molar-refractivity contribution in [2.24, 2.45) is 0 Å². The van der Waals surface area contributed by atoms with Gasteiger partial charge in [0.25, 0.3) is 0 Å². The maximum atomic E-state index is 14.4. The van der Waals surface area contributed by atoms with Gasteiger partial charge in [0, 0.05) is 12.8 Å². The fourth-order valence-electron chi connectivity index (χ4n) is 2.26. The predicted molar refractivity (Wildman–Crippen MR) is 63.9 cm³/mol. The zero-order chi connectivity index (χ0) is 14.1. The Morgan fingerprint density at radius 1 is 1.21 bits per heavy atom. The molecule has 0 aromatic rings. The first-order chi connectivity index (χ1) is 8.81. The van der Waals surface area contributed by atoms with Crippen molar-refractivity contribution in [3.8, 4) is 0 Å². The third-order valence-corrected chi connectivity index (χ3v) is 3.55. The van der Waals surface area contributed by atoms with Gasteiger partial charge in [0.1, 0.15) is 5.60 Å². The molecule has 1 saturated carbocycles. The molecular weight excluding hydrogens is 255 g/mol. The summed E-state index contributed by atoms with van der Waals surface area (Å²) < 4.78 is 24.9. The Bertz CT molecular complexity index is 335. The van der Waals surface area contributed by atoms with Crippen molar-refractivity contribution in [1.29, 1.82) is 0 Å². The molecular formula is C13H21FO5. The second-order valence-corrected chi connectivity index (χ2v) is 5.81. The van der Waals surface area contributed by atoms with Crippen LogP contribution in [0.15, 0.2) is 0 Å². The molecule has 2 aliphatic rings. The highest BCUT2D eigenvalue weighted by molar-refractivity contribution is 5.79. The highest BCUT2D eigenvalue weighted by atomic mass is 19.1. The van der Waals surface area contributed by atoms with E-state index in [4.69, 9.17) is 19.2 Å². The zero-order valence-electron chi connectivity index (χ0n) is 11.7. The van der Waals surface area contributed by atoms with Gasteiger partial charge >= 0.3 is 5.97 Å². The van der Waals surface area contributed by atoms with E-state index in [1.54, 1.807) is 6.92 Å². The van der Waals surface area contributed by atoms with Crippen LogP contribution in [-0.2, 0) is 24.0 Å². The molecule has 0 radical (unpaired) electrons. The first-order valence-electron chi connectivity index (χ1n) is 6.68. The first-order valence-corrected chi connectivity index (χ1v) is 6.68. The number of rotatable bonds is 2. The van der Waals surface area contributed by atoms with Crippen molar-refractivity contribution in [3.05, 3.63) is 0 Å². The van der Waals surface area contributed by atoms with Crippen LogP contribution >= 0.6 is 0 Å². The number of ether oxygens (including phenoxy) is 2. The van der Waals surface area contributed by atoms with Gasteiger partial charge in [0.2, 0.25) is 11.5 Å². The third kappa shape index (κ3) is 3.07. The van der Waals surface area contributed by atoms with E-state index in [1.807, 2.05) is 13.8 Å². The van der Waals surface area contributed by atoms with E-state index < -0.39 is 23.0 Å². The van der Waals surface area contributed by atoms with E-state index >= 15 is 0 Å². The minimum atomic E-state index is -1.93. The summed E-state index contributed by atoms with van der Waals surface area (Å²) in [5, 5.41) is 0. The van der Waals surface area contributed by atoms with Gasteiger partial charge in [-0.3, -0.25) is 0 Å². The predicted octanol–water partition coefficient (Wildman–Crippen LogP) is 2.29. The Balaban J connectivity index is 1.94. The molecule has 1 aliphatic carbocycles. The Morgan fingerprint density at radius 3 is 2.32 bits per heavy atom. The summed E-state index contributed by atoms with van der Waals surface area (Å²) in [4.78, 5) is 22.2. The molecule has 0 aromatic carbocycles. The normalized spacial score (nSPS) is 38.1. The molecule has 5 nitrogen and oxygen atoms in total. The maximum Gasteiger partial charge on any atom is 0.343 e. The number of halogens is 1. The largest absolute Gasteiger partial charge is 0.464 e. The molecule has 0 atom stereocenters. The first kappa shape index (κ1) is 14.7. The minimum Gasteiger partial charge on any atom is -0.464 e. The van der Waals surface area contributed by atoms with Crippen LogP contribution in [0.2, 0.25) is 0 Å². The highest BCUT2D eigenvalue weighted by Gasteiger charge is 2.53. The lowest BCUT2D eigenvalue weighted by Crippen LogP contribution is -2.54. The van der Waals surface area contributed by atoms with Crippen molar-refractivity contribution >= 4 is 5.97 Å². The number of hydrogen-bond acceptors (Lipinski definition) is 5. The van der Waals surface area contributed by atoms with Gasteiger partial charge in [-0.1, -0.05) is 0 Å². The summed E-state index contributed by atoms with van der Waals surface area (Å²) in [6.45, 7) is 5.92. The Morgan fingerprint density at radius 2 is 1.84 bits per heavy atom. The second kappa shape index (κ2) is 5.00. The Labute approximate surface area is 112 Å². The fourth-order valence-corrected chi connectivity index (χ4v) is 2.26. The number of carbonyl (C=O) groups is 1. The molecule has 2 fully saturated rings. The van der Waals surface area contributed by atoms with Crippen LogP contribution in [0.4, 0.5) is 4.39 Å². The van der Waals surface area contributed by atoms with Gasteiger partial charge in [0.15, 0.2) is 0 Å². The van der Waals surface area contributed by atoms with Crippen LogP contribution in [0, 0.1) is 0 Å². The van der Waals surface area contributed by atoms with Gasteiger partial charge in [-0.25, -0.2) is 19.0 Å². The molecule has 0 bridgehead atoms.